The zero-order chi connectivity index (χ0) is 14.5. The minimum atomic E-state index is -1.12. The number of pyridine rings is 1. The highest BCUT2D eigenvalue weighted by Gasteiger charge is 2.13. The number of rotatable bonds is 5. The summed E-state index contributed by atoms with van der Waals surface area (Å²) >= 11 is 5.81. The second-order valence-corrected chi connectivity index (χ2v) is 4.87. The molecular formula is C15H15ClN2O2. The van der Waals surface area contributed by atoms with Gasteiger partial charge < -0.3 is 10.0 Å². The van der Waals surface area contributed by atoms with Gasteiger partial charge >= 0.3 is 5.97 Å². The molecule has 104 valence electrons. The number of hydrogen-bond acceptors (Lipinski definition) is 3. The lowest BCUT2D eigenvalue weighted by molar-refractivity contribution is 0.0691. The van der Waals surface area contributed by atoms with Gasteiger partial charge in [0.2, 0.25) is 0 Å². The predicted molar refractivity (Wildman–Crippen MR) is 79.6 cm³/mol. The molecule has 0 spiro atoms. The third kappa shape index (κ3) is 3.48. The summed E-state index contributed by atoms with van der Waals surface area (Å²) in [6.07, 6.45) is 0.865. The first-order chi connectivity index (χ1) is 9.58. The lowest BCUT2D eigenvalue weighted by Gasteiger charge is -2.18. The third-order valence-corrected chi connectivity index (χ3v) is 3.31. The molecule has 4 nitrogen and oxygen atoms in total. The number of anilines is 1. The molecule has 0 radical (unpaired) electrons. The summed E-state index contributed by atoms with van der Waals surface area (Å²) in [5, 5.41) is 9.16. The Hall–Kier alpha value is -2.07. The van der Waals surface area contributed by atoms with E-state index >= 15 is 0 Å². The molecule has 0 amide bonds. The molecule has 2 aromatic rings. The van der Waals surface area contributed by atoms with E-state index in [1.807, 2.05) is 30.1 Å². The van der Waals surface area contributed by atoms with Gasteiger partial charge in [-0.25, -0.2) is 9.78 Å². The van der Waals surface area contributed by atoms with Gasteiger partial charge in [0.25, 0.3) is 0 Å². The highest BCUT2D eigenvalue weighted by atomic mass is 35.5. The van der Waals surface area contributed by atoms with Gasteiger partial charge in [-0.2, -0.15) is 0 Å². The van der Waals surface area contributed by atoms with Crippen molar-refractivity contribution in [3.8, 4) is 0 Å². The van der Waals surface area contributed by atoms with Crippen LogP contribution in [0.3, 0.4) is 0 Å². The molecule has 0 fully saturated rings. The van der Waals surface area contributed by atoms with Crippen LogP contribution in [0.1, 0.15) is 16.1 Å². The number of benzene rings is 1. The smallest absolute Gasteiger partial charge is 0.356 e. The van der Waals surface area contributed by atoms with Crippen molar-refractivity contribution in [2.24, 2.45) is 0 Å². The molecule has 0 saturated heterocycles. The maximum Gasteiger partial charge on any atom is 0.356 e. The number of carboxylic acid groups (broad SMARTS) is 1. The Bertz CT molecular complexity index is 602. The number of hydrogen-bond donors (Lipinski definition) is 1. The maximum absolute atomic E-state index is 11.0. The van der Waals surface area contributed by atoms with Gasteiger partial charge in [0.05, 0.1) is 5.02 Å². The Morgan fingerprint density at radius 1 is 1.25 bits per heavy atom. The topological polar surface area (TPSA) is 53.4 Å². The standard InChI is InChI=1S/C15H15ClN2O2/c1-18(10-9-11-5-3-2-4-6-11)13-8-7-12(16)14(17-13)15(19)20/h2-8H,9-10H2,1H3,(H,19,20). The number of carboxylic acids is 1. The van der Waals surface area contributed by atoms with Crippen LogP contribution in [0.5, 0.6) is 0 Å². The SMILES string of the molecule is CN(CCc1ccccc1)c1ccc(Cl)c(C(=O)O)n1. The summed E-state index contributed by atoms with van der Waals surface area (Å²) in [5.74, 6) is -0.518. The first-order valence-electron chi connectivity index (χ1n) is 6.23. The van der Waals surface area contributed by atoms with E-state index in [9.17, 15) is 4.79 Å². The Morgan fingerprint density at radius 3 is 2.60 bits per heavy atom. The number of carbonyl (C=O) groups is 1. The number of aromatic carboxylic acids is 1. The van der Waals surface area contributed by atoms with E-state index in [-0.39, 0.29) is 10.7 Å². The molecular weight excluding hydrogens is 276 g/mol. The molecule has 5 heteroatoms. The van der Waals surface area contributed by atoms with E-state index < -0.39 is 5.97 Å². The van der Waals surface area contributed by atoms with Crippen LogP contribution >= 0.6 is 11.6 Å². The summed E-state index contributed by atoms with van der Waals surface area (Å²) in [6.45, 7) is 0.748. The zero-order valence-electron chi connectivity index (χ0n) is 11.1. The van der Waals surface area contributed by atoms with Gasteiger partial charge in [-0.1, -0.05) is 41.9 Å². The van der Waals surface area contributed by atoms with Crippen LogP contribution in [0.15, 0.2) is 42.5 Å². The molecule has 1 aromatic carbocycles. The average Bonchev–Trinajstić information content (AvgIpc) is 2.46. The molecule has 1 aromatic heterocycles. The molecule has 0 saturated carbocycles. The highest BCUT2D eigenvalue weighted by molar-refractivity contribution is 6.33. The minimum Gasteiger partial charge on any atom is -0.476 e. The van der Waals surface area contributed by atoms with E-state index in [2.05, 4.69) is 17.1 Å². The Morgan fingerprint density at radius 2 is 1.95 bits per heavy atom. The molecule has 2 rings (SSSR count). The summed E-state index contributed by atoms with van der Waals surface area (Å²) in [7, 11) is 1.88. The van der Waals surface area contributed by atoms with Gasteiger partial charge in [0.1, 0.15) is 5.82 Å². The fourth-order valence-electron chi connectivity index (χ4n) is 1.85. The van der Waals surface area contributed by atoms with E-state index in [1.165, 1.54) is 5.56 Å². The first kappa shape index (κ1) is 14.3. The normalized spacial score (nSPS) is 10.3. The molecule has 0 atom stereocenters. The van der Waals surface area contributed by atoms with Crippen molar-refractivity contribution >= 4 is 23.4 Å². The molecule has 0 unspecified atom stereocenters. The van der Waals surface area contributed by atoms with Crippen molar-refractivity contribution in [3.63, 3.8) is 0 Å². The maximum atomic E-state index is 11.0. The molecule has 0 aliphatic heterocycles. The van der Waals surface area contributed by atoms with Crippen molar-refractivity contribution in [1.82, 2.24) is 4.98 Å². The summed E-state index contributed by atoms with van der Waals surface area (Å²) in [6, 6.07) is 13.4. The van der Waals surface area contributed by atoms with Crippen molar-refractivity contribution in [2.75, 3.05) is 18.5 Å². The molecule has 0 aliphatic carbocycles. The predicted octanol–water partition coefficient (Wildman–Crippen LogP) is 3.11. The van der Waals surface area contributed by atoms with Gasteiger partial charge in [-0.15, -0.1) is 0 Å². The third-order valence-electron chi connectivity index (χ3n) is 3.00. The number of nitrogens with zero attached hydrogens (tertiary/aromatic N) is 2. The average molecular weight is 291 g/mol. The fraction of sp³-hybridized carbons (Fsp3) is 0.200. The molecule has 20 heavy (non-hydrogen) atoms. The van der Waals surface area contributed by atoms with Crippen LogP contribution in [0.4, 0.5) is 5.82 Å². The molecule has 0 bridgehead atoms. The van der Waals surface area contributed by atoms with Crippen LogP contribution < -0.4 is 4.90 Å². The van der Waals surface area contributed by atoms with Gasteiger partial charge in [-0.3, -0.25) is 0 Å². The summed E-state index contributed by atoms with van der Waals surface area (Å²) in [4.78, 5) is 17.0. The fourth-order valence-corrected chi connectivity index (χ4v) is 2.04. The first-order valence-corrected chi connectivity index (χ1v) is 6.60. The van der Waals surface area contributed by atoms with Crippen molar-refractivity contribution in [3.05, 3.63) is 58.7 Å². The van der Waals surface area contributed by atoms with Crippen molar-refractivity contribution in [2.45, 2.75) is 6.42 Å². The number of aromatic nitrogens is 1. The molecule has 1 N–H and O–H groups in total. The number of halogens is 1. The van der Waals surface area contributed by atoms with E-state index in [1.54, 1.807) is 12.1 Å². The quantitative estimate of drug-likeness (QED) is 0.919. The highest BCUT2D eigenvalue weighted by Crippen LogP contribution is 2.19. The largest absolute Gasteiger partial charge is 0.476 e. The van der Waals surface area contributed by atoms with E-state index in [0.717, 1.165) is 13.0 Å². The zero-order valence-corrected chi connectivity index (χ0v) is 11.8. The summed E-state index contributed by atoms with van der Waals surface area (Å²) < 4.78 is 0. The second-order valence-electron chi connectivity index (χ2n) is 4.46. The van der Waals surface area contributed by atoms with Crippen LogP contribution in [0, 0.1) is 0 Å². The van der Waals surface area contributed by atoms with E-state index in [0.29, 0.717) is 5.82 Å². The van der Waals surface area contributed by atoms with Crippen LogP contribution in [-0.4, -0.2) is 29.7 Å². The Labute approximate surface area is 122 Å². The van der Waals surface area contributed by atoms with Gasteiger partial charge in [0.15, 0.2) is 5.69 Å². The Balaban J connectivity index is 2.07. The monoisotopic (exact) mass is 290 g/mol. The van der Waals surface area contributed by atoms with Gasteiger partial charge in [-0.05, 0) is 24.1 Å². The number of likely N-dealkylation sites (N-methyl/N-ethyl adjacent to an activating group) is 1. The van der Waals surface area contributed by atoms with E-state index in [4.69, 9.17) is 16.7 Å². The molecule has 1 heterocycles. The van der Waals surface area contributed by atoms with Crippen LogP contribution in [0.2, 0.25) is 5.02 Å². The van der Waals surface area contributed by atoms with Gasteiger partial charge in [0, 0.05) is 13.6 Å². The van der Waals surface area contributed by atoms with Crippen molar-refractivity contribution in [1.29, 1.82) is 0 Å². The second kappa shape index (κ2) is 6.39. The summed E-state index contributed by atoms with van der Waals surface area (Å²) in [5.41, 5.74) is 1.11. The lowest BCUT2D eigenvalue weighted by atomic mass is 10.1. The Kier molecular flexibility index (Phi) is 4.58. The van der Waals surface area contributed by atoms with Crippen LogP contribution in [0.25, 0.3) is 0 Å². The molecule has 0 aliphatic rings. The minimum absolute atomic E-state index is 0.115. The van der Waals surface area contributed by atoms with Crippen LogP contribution in [-0.2, 0) is 6.42 Å². The lowest BCUT2D eigenvalue weighted by Crippen LogP contribution is -2.22. The van der Waals surface area contributed by atoms with Crippen molar-refractivity contribution < 1.29 is 9.90 Å².